The second-order valence-electron chi connectivity index (χ2n) is 9.08. The molecule has 5 rings (SSSR count). The molecule has 5 aromatic rings. The van der Waals surface area contributed by atoms with Gasteiger partial charge >= 0.3 is 0 Å². The largest absolute Gasteiger partial charge is 0.439 e. The number of carbonyl (C=O) groups excluding carboxylic acids is 1. The van der Waals surface area contributed by atoms with Crippen molar-refractivity contribution in [2.45, 2.75) is 6.92 Å². The smallest absolute Gasteiger partial charge is 0.248 e. The first-order valence-electron chi connectivity index (χ1n) is 12.1. The SMILES string of the molecule is Cc1cc(Nc2c(C#N)cnc3ccc(NC(=O)/C=C/CN(C)C)cc23)ccc1Oc1cc2nncn2cn1. The second-order valence-corrected chi connectivity index (χ2v) is 9.08. The van der Waals surface area contributed by atoms with E-state index in [1.54, 1.807) is 41.3 Å². The second kappa shape index (κ2) is 11.0. The Labute approximate surface area is 224 Å². The molecule has 3 aromatic heterocycles. The highest BCUT2D eigenvalue weighted by Crippen LogP contribution is 2.33. The van der Waals surface area contributed by atoms with Crippen LogP contribution in [0.4, 0.5) is 17.1 Å². The van der Waals surface area contributed by atoms with Crippen LogP contribution in [0, 0.1) is 18.3 Å². The highest BCUT2D eigenvalue weighted by Gasteiger charge is 2.13. The lowest BCUT2D eigenvalue weighted by Gasteiger charge is -2.14. The van der Waals surface area contributed by atoms with Crippen molar-refractivity contribution in [3.8, 4) is 17.7 Å². The number of ether oxygens (including phenoxy) is 1. The first kappa shape index (κ1) is 25.3. The van der Waals surface area contributed by atoms with Crippen molar-refractivity contribution < 1.29 is 9.53 Å². The van der Waals surface area contributed by atoms with Crippen LogP contribution in [0.2, 0.25) is 0 Å². The molecule has 0 bridgehead atoms. The maximum atomic E-state index is 12.4. The lowest BCUT2D eigenvalue weighted by Crippen LogP contribution is -2.12. The lowest BCUT2D eigenvalue weighted by molar-refractivity contribution is -0.111. The Morgan fingerprint density at radius 2 is 1.97 bits per heavy atom. The van der Waals surface area contributed by atoms with Crippen LogP contribution in [0.25, 0.3) is 16.6 Å². The van der Waals surface area contributed by atoms with Crippen LogP contribution in [0.3, 0.4) is 0 Å². The number of fused-ring (bicyclic) bond motifs is 2. The van der Waals surface area contributed by atoms with Crippen LogP contribution in [0.5, 0.6) is 11.6 Å². The zero-order valence-corrected chi connectivity index (χ0v) is 21.6. The maximum Gasteiger partial charge on any atom is 0.248 e. The average molecular weight is 520 g/mol. The molecule has 0 fully saturated rings. The van der Waals surface area contributed by atoms with Crippen molar-refractivity contribution in [1.29, 1.82) is 5.26 Å². The van der Waals surface area contributed by atoms with E-state index in [0.29, 0.717) is 51.7 Å². The van der Waals surface area contributed by atoms with E-state index in [0.717, 1.165) is 11.3 Å². The molecule has 11 nitrogen and oxygen atoms in total. The van der Waals surface area contributed by atoms with Gasteiger partial charge in [0.05, 0.1) is 16.8 Å². The fraction of sp³-hybridized carbons (Fsp3) is 0.143. The predicted molar refractivity (Wildman–Crippen MR) is 148 cm³/mol. The Morgan fingerprint density at radius 1 is 1.13 bits per heavy atom. The summed E-state index contributed by atoms with van der Waals surface area (Å²) in [4.78, 5) is 23.0. The van der Waals surface area contributed by atoms with E-state index in [1.807, 2.05) is 50.2 Å². The van der Waals surface area contributed by atoms with Crippen molar-refractivity contribution in [2.24, 2.45) is 0 Å². The van der Waals surface area contributed by atoms with Crippen LogP contribution in [0.15, 0.2) is 73.5 Å². The fourth-order valence-electron chi connectivity index (χ4n) is 3.91. The number of pyridine rings is 1. The third kappa shape index (κ3) is 5.82. The predicted octanol–water partition coefficient (Wildman–Crippen LogP) is 4.44. The van der Waals surface area contributed by atoms with Gasteiger partial charge in [0.2, 0.25) is 11.8 Å². The van der Waals surface area contributed by atoms with Gasteiger partial charge in [-0.05, 0) is 63.0 Å². The number of nitrogens with zero attached hydrogens (tertiary/aromatic N) is 7. The number of benzene rings is 2. The minimum absolute atomic E-state index is 0.237. The van der Waals surface area contributed by atoms with E-state index in [1.165, 1.54) is 12.3 Å². The van der Waals surface area contributed by atoms with Gasteiger partial charge in [-0.1, -0.05) is 6.08 Å². The summed E-state index contributed by atoms with van der Waals surface area (Å²) in [6, 6.07) is 14.9. The number of aryl methyl sites for hydroxylation is 1. The number of aromatic nitrogens is 5. The maximum absolute atomic E-state index is 12.4. The molecular weight excluding hydrogens is 494 g/mol. The van der Waals surface area contributed by atoms with E-state index in [-0.39, 0.29) is 5.91 Å². The monoisotopic (exact) mass is 519 g/mol. The van der Waals surface area contributed by atoms with Gasteiger partial charge in [-0.25, -0.2) is 4.98 Å². The Bertz CT molecular complexity index is 1750. The van der Waals surface area contributed by atoms with Crippen molar-refractivity contribution >= 4 is 39.5 Å². The van der Waals surface area contributed by atoms with Crippen molar-refractivity contribution in [3.05, 3.63) is 84.6 Å². The molecule has 39 heavy (non-hydrogen) atoms. The summed E-state index contributed by atoms with van der Waals surface area (Å²) in [5.41, 5.74) is 4.49. The third-order valence-electron chi connectivity index (χ3n) is 5.82. The number of nitriles is 1. The molecule has 194 valence electrons. The molecule has 0 saturated carbocycles. The highest BCUT2D eigenvalue weighted by atomic mass is 16.5. The molecule has 0 aliphatic rings. The van der Waals surface area contributed by atoms with Gasteiger partial charge in [-0.15, -0.1) is 10.2 Å². The Hall–Kier alpha value is -5.34. The number of carbonyl (C=O) groups is 1. The summed E-state index contributed by atoms with van der Waals surface area (Å²) in [6.07, 6.45) is 7.97. The van der Waals surface area contributed by atoms with Gasteiger partial charge in [0.15, 0.2) is 5.65 Å². The molecule has 0 aliphatic carbocycles. The Balaban J connectivity index is 1.40. The zero-order valence-electron chi connectivity index (χ0n) is 21.6. The van der Waals surface area contributed by atoms with Gasteiger partial charge < -0.3 is 20.3 Å². The van der Waals surface area contributed by atoms with Crippen molar-refractivity contribution in [2.75, 3.05) is 31.3 Å². The van der Waals surface area contributed by atoms with E-state index < -0.39 is 0 Å². The topological polar surface area (TPSA) is 133 Å². The quantitative estimate of drug-likeness (QED) is 0.285. The Morgan fingerprint density at radius 3 is 2.77 bits per heavy atom. The van der Waals surface area contributed by atoms with Crippen LogP contribution in [-0.4, -0.2) is 56.0 Å². The Kier molecular flexibility index (Phi) is 7.11. The summed E-state index contributed by atoms with van der Waals surface area (Å²) in [6.45, 7) is 2.58. The van der Waals surface area contributed by atoms with Gasteiger partial charge in [0.1, 0.15) is 24.5 Å². The summed E-state index contributed by atoms with van der Waals surface area (Å²) >= 11 is 0. The summed E-state index contributed by atoms with van der Waals surface area (Å²) in [7, 11) is 3.86. The molecule has 0 spiro atoms. The average Bonchev–Trinajstić information content (AvgIpc) is 3.38. The van der Waals surface area contributed by atoms with E-state index >= 15 is 0 Å². The van der Waals surface area contributed by atoms with Crippen molar-refractivity contribution in [1.82, 2.24) is 29.5 Å². The standard InChI is InChI=1S/C28H25N9O2/c1-18-11-20(7-9-24(18)39-27-13-25-35-32-17-37(25)16-31-27)34-28-19(14-29)15-30-23-8-6-21(12-22(23)28)33-26(38)5-4-10-36(2)3/h4-9,11-13,15-17H,10H2,1-3H3,(H,30,34)(H,33,38)/b5-4+. The normalized spacial score (nSPS) is 11.3. The van der Waals surface area contributed by atoms with E-state index in [4.69, 9.17) is 4.74 Å². The number of amides is 1. The molecule has 2 N–H and O–H groups in total. The molecule has 2 aromatic carbocycles. The lowest BCUT2D eigenvalue weighted by atomic mass is 10.1. The van der Waals surface area contributed by atoms with Gasteiger partial charge in [-0.3, -0.25) is 14.2 Å². The molecule has 0 atom stereocenters. The molecule has 0 aliphatic heterocycles. The van der Waals surface area contributed by atoms with Crippen LogP contribution in [0.1, 0.15) is 11.1 Å². The number of nitrogens with one attached hydrogen (secondary N) is 2. The van der Waals surface area contributed by atoms with E-state index in [2.05, 4.69) is 36.9 Å². The number of rotatable bonds is 8. The number of hydrogen-bond acceptors (Lipinski definition) is 9. The fourth-order valence-corrected chi connectivity index (χ4v) is 3.91. The van der Waals surface area contributed by atoms with Gasteiger partial charge in [-0.2, -0.15) is 5.26 Å². The molecule has 0 unspecified atom stereocenters. The first-order chi connectivity index (χ1) is 18.9. The third-order valence-corrected chi connectivity index (χ3v) is 5.82. The highest BCUT2D eigenvalue weighted by molar-refractivity contribution is 6.03. The van der Waals surface area contributed by atoms with Crippen LogP contribution in [-0.2, 0) is 4.79 Å². The molecular formula is C28H25N9O2. The minimum atomic E-state index is -0.237. The molecule has 0 saturated heterocycles. The number of anilines is 3. The molecule has 11 heteroatoms. The molecule has 1 amide bonds. The van der Waals surface area contributed by atoms with Crippen molar-refractivity contribution in [3.63, 3.8) is 0 Å². The summed E-state index contributed by atoms with van der Waals surface area (Å²) < 4.78 is 7.66. The molecule has 0 radical (unpaired) electrons. The van der Waals surface area contributed by atoms with Gasteiger partial charge in [0, 0.05) is 41.6 Å². The number of likely N-dealkylation sites (N-methyl/N-ethyl adjacent to an activating group) is 1. The minimum Gasteiger partial charge on any atom is -0.439 e. The molecule has 3 heterocycles. The van der Waals surface area contributed by atoms with Crippen LogP contribution >= 0.6 is 0 Å². The van der Waals surface area contributed by atoms with Gasteiger partial charge in [0.25, 0.3) is 0 Å². The van der Waals surface area contributed by atoms with Crippen LogP contribution < -0.4 is 15.4 Å². The summed E-state index contributed by atoms with van der Waals surface area (Å²) in [5.74, 6) is 0.792. The summed E-state index contributed by atoms with van der Waals surface area (Å²) in [5, 5.41) is 24.6. The zero-order chi connectivity index (χ0) is 27.4. The van der Waals surface area contributed by atoms with E-state index in [9.17, 15) is 10.1 Å². The number of hydrogen-bond donors (Lipinski definition) is 2. The first-order valence-corrected chi connectivity index (χ1v) is 12.1.